The predicted molar refractivity (Wildman–Crippen MR) is 92.3 cm³/mol. The second kappa shape index (κ2) is 9.28. The molecular formula is C19H17F2N3O2. The summed E-state index contributed by atoms with van der Waals surface area (Å²) in [7, 11) is 0. The van der Waals surface area contributed by atoms with E-state index in [1.54, 1.807) is 24.3 Å². The molecule has 0 spiro atoms. The van der Waals surface area contributed by atoms with Crippen LogP contribution in [0.5, 0.6) is 0 Å². The van der Waals surface area contributed by atoms with Crippen molar-refractivity contribution < 1.29 is 18.4 Å². The lowest BCUT2D eigenvalue weighted by Crippen LogP contribution is -2.26. The minimum absolute atomic E-state index is 0.173. The average Bonchev–Trinajstić information content (AvgIpc) is 2.60. The van der Waals surface area contributed by atoms with E-state index in [9.17, 15) is 18.4 Å². The second-order valence-corrected chi connectivity index (χ2v) is 5.56. The van der Waals surface area contributed by atoms with Gasteiger partial charge in [0, 0.05) is 24.7 Å². The first-order valence-corrected chi connectivity index (χ1v) is 7.98. The smallest absolute Gasteiger partial charge is 0.254 e. The Morgan fingerprint density at radius 1 is 1.08 bits per heavy atom. The summed E-state index contributed by atoms with van der Waals surface area (Å²) >= 11 is 0. The summed E-state index contributed by atoms with van der Waals surface area (Å²) < 4.78 is 26.3. The molecule has 0 radical (unpaired) electrons. The summed E-state index contributed by atoms with van der Waals surface area (Å²) in [5.74, 6) is -2.56. The Bertz CT molecular complexity index is 830. The monoisotopic (exact) mass is 357 g/mol. The lowest BCUT2D eigenvalue weighted by Gasteiger charge is -2.07. The molecule has 7 heteroatoms. The number of hydrogen-bond donors (Lipinski definition) is 2. The van der Waals surface area contributed by atoms with Gasteiger partial charge in [0.15, 0.2) is 0 Å². The minimum atomic E-state index is -0.930. The highest BCUT2D eigenvalue weighted by molar-refractivity contribution is 5.94. The van der Waals surface area contributed by atoms with Crippen LogP contribution < -0.4 is 10.6 Å². The molecule has 2 aromatic carbocycles. The van der Waals surface area contributed by atoms with Gasteiger partial charge in [-0.3, -0.25) is 9.59 Å². The lowest BCUT2D eigenvalue weighted by molar-refractivity contribution is -0.116. The van der Waals surface area contributed by atoms with Gasteiger partial charge < -0.3 is 10.6 Å². The molecule has 26 heavy (non-hydrogen) atoms. The molecule has 0 aromatic heterocycles. The second-order valence-electron chi connectivity index (χ2n) is 5.56. The Hall–Kier alpha value is -3.27. The quantitative estimate of drug-likeness (QED) is 0.747. The summed E-state index contributed by atoms with van der Waals surface area (Å²) in [6.45, 7) is 0.185. The molecule has 0 saturated carbocycles. The van der Waals surface area contributed by atoms with Crippen molar-refractivity contribution in [2.24, 2.45) is 0 Å². The fraction of sp³-hybridized carbons (Fsp3) is 0.211. The maximum absolute atomic E-state index is 13.5. The topological polar surface area (TPSA) is 82.0 Å². The van der Waals surface area contributed by atoms with Crippen LogP contribution in [0.25, 0.3) is 0 Å². The third-order valence-corrected chi connectivity index (χ3v) is 3.56. The van der Waals surface area contributed by atoms with Crippen molar-refractivity contribution in [3.8, 4) is 6.07 Å². The van der Waals surface area contributed by atoms with E-state index >= 15 is 0 Å². The largest absolute Gasteiger partial charge is 0.352 e. The van der Waals surface area contributed by atoms with Gasteiger partial charge in [-0.15, -0.1) is 0 Å². The van der Waals surface area contributed by atoms with E-state index < -0.39 is 17.5 Å². The van der Waals surface area contributed by atoms with Crippen LogP contribution in [0.1, 0.15) is 28.8 Å². The lowest BCUT2D eigenvalue weighted by atomic mass is 10.1. The van der Waals surface area contributed by atoms with E-state index in [1.807, 2.05) is 6.07 Å². The molecule has 134 valence electrons. The number of nitriles is 1. The van der Waals surface area contributed by atoms with E-state index in [1.165, 1.54) is 0 Å². The van der Waals surface area contributed by atoms with Gasteiger partial charge in [0.05, 0.1) is 18.1 Å². The number of carbonyl (C=O) groups is 2. The SMILES string of the molecule is N#CCc1ccc(NC(=O)CCCNC(=O)c2ccc(F)cc2F)cc1. The third kappa shape index (κ3) is 5.67. The van der Waals surface area contributed by atoms with E-state index in [4.69, 9.17) is 5.26 Å². The summed E-state index contributed by atoms with van der Waals surface area (Å²) in [6.07, 6.45) is 0.849. The molecule has 0 atom stereocenters. The van der Waals surface area contributed by atoms with Gasteiger partial charge >= 0.3 is 0 Å². The number of nitrogens with one attached hydrogen (secondary N) is 2. The molecule has 0 bridgehead atoms. The van der Waals surface area contributed by atoms with Crippen molar-refractivity contribution in [3.63, 3.8) is 0 Å². The summed E-state index contributed by atoms with van der Waals surface area (Å²) in [5, 5.41) is 13.8. The zero-order chi connectivity index (χ0) is 18.9. The predicted octanol–water partition coefficient (Wildman–Crippen LogP) is 3.18. The minimum Gasteiger partial charge on any atom is -0.352 e. The van der Waals surface area contributed by atoms with E-state index in [-0.39, 0.29) is 24.4 Å². The maximum atomic E-state index is 13.5. The number of amides is 2. The molecule has 0 unspecified atom stereocenters. The van der Waals surface area contributed by atoms with Crippen LogP contribution in [0.15, 0.2) is 42.5 Å². The van der Waals surface area contributed by atoms with Crippen LogP contribution in [0, 0.1) is 23.0 Å². The van der Waals surface area contributed by atoms with Gasteiger partial charge in [0.1, 0.15) is 11.6 Å². The fourth-order valence-electron chi connectivity index (χ4n) is 2.24. The van der Waals surface area contributed by atoms with Crippen molar-refractivity contribution >= 4 is 17.5 Å². The van der Waals surface area contributed by atoms with Crippen LogP contribution in [-0.2, 0) is 11.2 Å². The highest BCUT2D eigenvalue weighted by atomic mass is 19.1. The number of rotatable bonds is 7. The van der Waals surface area contributed by atoms with Gasteiger partial charge in [-0.2, -0.15) is 5.26 Å². The van der Waals surface area contributed by atoms with Crippen LogP contribution in [0.4, 0.5) is 14.5 Å². The number of carbonyl (C=O) groups excluding carboxylic acids is 2. The number of benzene rings is 2. The Balaban J connectivity index is 1.72. The van der Waals surface area contributed by atoms with Crippen LogP contribution in [0.3, 0.4) is 0 Å². The zero-order valence-electron chi connectivity index (χ0n) is 13.9. The molecule has 0 aliphatic rings. The Morgan fingerprint density at radius 2 is 1.81 bits per heavy atom. The van der Waals surface area contributed by atoms with Crippen LogP contribution in [0.2, 0.25) is 0 Å². The van der Waals surface area contributed by atoms with Crippen LogP contribution in [-0.4, -0.2) is 18.4 Å². The first-order chi connectivity index (χ1) is 12.5. The molecule has 2 N–H and O–H groups in total. The molecule has 0 aliphatic heterocycles. The van der Waals surface area contributed by atoms with Crippen molar-refractivity contribution in [3.05, 3.63) is 65.2 Å². The van der Waals surface area contributed by atoms with Gasteiger partial charge in [-0.1, -0.05) is 12.1 Å². The van der Waals surface area contributed by atoms with E-state index in [0.717, 1.165) is 17.7 Å². The van der Waals surface area contributed by atoms with Crippen LogP contribution >= 0.6 is 0 Å². The molecule has 2 amide bonds. The molecule has 0 heterocycles. The first kappa shape index (κ1) is 19.1. The van der Waals surface area contributed by atoms with Gasteiger partial charge in [-0.25, -0.2) is 8.78 Å². The number of hydrogen-bond acceptors (Lipinski definition) is 3. The van der Waals surface area contributed by atoms with Gasteiger partial charge in [-0.05, 0) is 36.2 Å². The molecular weight excluding hydrogens is 340 g/mol. The molecule has 0 fully saturated rings. The van der Waals surface area contributed by atoms with Crippen molar-refractivity contribution in [2.75, 3.05) is 11.9 Å². The van der Waals surface area contributed by atoms with Gasteiger partial charge in [0.25, 0.3) is 5.91 Å². The Labute approximate surface area is 149 Å². The average molecular weight is 357 g/mol. The molecule has 2 rings (SSSR count). The van der Waals surface area contributed by atoms with Crippen molar-refractivity contribution in [2.45, 2.75) is 19.3 Å². The molecule has 0 aliphatic carbocycles. The molecule has 2 aromatic rings. The summed E-state index contributed by atoms with van der Waals surface area (Å²) in [4.78, 5) is 23.7. The maximum Gasteiger partial charge on any atom is 0.254 e. The first-order valence-electron chi connectivity index (χ1n) is 7.98. The number of anilines is 1. The highest BCUT2D eigenvalue weighted by Crippen LogP contribution is 2.11. The zero-order valence-corrected chi connectivity index (χ0v) is 13.9. The molecule has 5 nitrogen and oxygen atoms in total. The summed E-state index contributed by atoms with van der Waals surface area (Å²) in [6, 6.07) is 11.7. The standard InChI is InChI=1S/C19H17F2N3O2/c20-14-5-8-16(17(21)12-14)19(26)23-11-1-2-18(25)24-15-6-3-13(4-7-15)9-10-22/h3-8,12H,1-2,9,11H2,(H,23,26)(H,24,25). The normalized spacial score (nSPS) is 10.0. The van der Waals surface area contributed by atoms with Crippen molar-refractivity contribution in [1.82, 2.24) is 5.32 Å². The van der Waals surface area contributed by atoms with Crippen molar-refractivity contribution in [1.29, 1.82) is 5.26 Å². The number of nitrogens with zero attached hydrogens (tertiary/aromatic N) is 1. The number of halogens is 2. The fourth-order valence-corrected chi connectivity index (χ4v) is 2.24. The van der Waals surface area contributed by atoms with E-state index in [2.05, 4.69) is 10.6 Å². The van der Waals surface area contributed by atoms with Gasteiger partial charge in [0.2, 0.25) is 5.91 Å². The Kier molecular flexibility index (Phi) is 6.80. The molecule has 0 saturated heterocycles. The summed E-state index contributed by atoms with van der Waals surface area (Å²) in [5.41, 5.74) is 1.24. The third-order valence-electron chi connectivity index (χ3n) is 3.56. The Morgan fingerprint density at radius 3 is 2.46 bits per heavy atom. The van der Waals surface area contributed by atoms with E-state index in [0.29, 0.717) is 24.6 Å². The highest BCUT2D eigenvalue weighted by Gasteiger charge is 2.12.